The lowest BCUT2D eigenvalue weighted by atomic mass is 9.98. The number of aryl methyl sites for hydroxylation is 1. The summed E-state index contributed by atoms with van der Waals surface area (Å²) in [6.07, 6.45) is -2.53. The molecule has 2 atom stereocenters. The molecule has 0 bridgehead atoms. The Kier molecular flexibility index (Phi) is 11.8. The molecule has 2 amide bonds. The predicted octanol–water partition coefficient (Wildman–Crippen LogP) is 4.04. The minimum absolute atomic E-state index is 0.0249. The molecule has 2 unspecified atom stereocenters. The van der Waals surface area contributed by atoms with Crippen LogP contribution in [0.3, 0.4) is 0 Å². The summed E-state index contributed by atoms with van der Waals surface area (Å²) in [5.41, 5.74) is 2.24. The van der Waals surface area contributed by atoms with Crippen molar-refractivity contribution in [3.63, 3.8) is 0 Å². The Labute approximate surface area is 248 Å². The molecule has 2 aromatic carbocycles. The molecule has 0 aliphatic carbocycles. The van der Waals surface area contributed by atoms with Crippen LogP contribution in [0.1, 0.15) is 51.0 Å². The first-order valence-electron chi connectivity index (χ1n) is 14.0. The summed E-state index contributed by atoms with van der Waals surface area (Å²) in [5, 5.41) is 18.7. The van der Waals surface area contributed by atoms with Crippen LogP contribution in [-0.4, -0.2) is 72.9 Å². The van der Waals surface area contributed by atoms with Gasteiger partial charge >= 0.3 is 6.36 Å². The lowest BCUT2D eigenvalue weighted by molar-refractivity contribution is -0.274. The number of alkyl halides is 3. The molecule has 2 aromatic rings. The fourth-order valence-electron chi connectivity index (χ4n) is 5.31. The molecule has 1 heterocycles. The first kappa shape index (κ1) is 34.1. The molecular formula is C29H37F3N2O8S. The number of carbonyl (C=O) groups is 2. The van der Waals surface area contributed by atoms with E-state index in [0.29, 0.717) is 50.9 Å². The summed E-state index contributed by atoms with van der Waals surface area (Å²) in [6, 6.07) is 11.2. The Morgan fingerprint density at radius 2 is 1.72 bits per heavy atom. The number of hydroxylamine groups is 1. The number of benzene rings is 2. The van der Waals surface area contributed by atoms with Crippen LogP contribution in [0, 0.1) is 5.92 Å². The third-order valence-corrected chi connectivity index (χ3v) is 10.0. The fourth-order valence-corrected chi connectivity index (χ4v) is 7.38. The van der Waals surface area contributed by atoms with E-state index in [1.807, 2.05) is 0 Å². The highest BCUT2D eigenvalue weighted by Crippen LogP contribution is 2.34. The van der Waals surface area contributed by atoms with E-state index in [9.17, 15) is 41.5 Å². The summed E-state index contributed by atoms with van der Waals surface area (Å²) in [6.45, 7) is 2.48. The summed E-state index contributed by atoms with van der Waals surface area (Å²) < 4.78 is 71.3. The summed E-state index contributed by atoms with van der Waals surface area (Å²) in [5.74, 6) is -1.14. The van der Waals surface area contributed by atoms with Gasteiger partial charge in [-0.1, -0.05) is 25.5 Å². The number of hydrogen-bond acceptors (Lipinski definition) is 8. The molecule has 43 heavy (non-hydrogen) atoms. The number of nitrogens with zero attached hydrogens (tertiary/aromatic N) is 1. The zero-order valence-corrected chi connectivity index (χ0v) is 24.6. The largest absolute Gasteiger partial charge is 0.573 e. The van der Waals surface area contributed by atoms with Crippen LogP contribution in [0.25, 0.3) is 0 Å². The second-order valence-corrected chi connectivity index (χ2v) is 12.6. The highest BCUT2D eigenvalue weighted by molar-refractivity contribution is 7.93. The minimum atomic E-state index is -4.75. The van der Waals surface area contributed by atoms with Crippen molar-refractivity contribution in [3.05, 3.63) is 54.1 Å². The first-order chi connectivity index (χ1) is 20.4. The van der Waals surface area contributed by atoms with E-state index in [1.54, 1.807) is 24.0 Å². The standard InChI is InChI=1S/C29H37F3N2O8S/c1-2-15-28(16-19-35,27(37)33-38)43(39,40)25-12-10-23(11-13-25)41-20-3-17-34-18-14-22(26(34)36)7-4-21-5-8-24(9-6-21)42-29(30,31)32/h5-6,8-13,22,35,38H,2-4,7,14-20H2,1H3,(H,33,37). The molecule has 14 heteroatoms. The van der Waals surface area contributed by atoms with Gasteiger partial charge in [-0.25, -0.2) is 13.9 Å². The van der Waals surface area contributed by atoms with Crippen LogP contribution in [-0.2, 0) is 25.8 Å². The molecule has 0 aromatic heterocycles. The van der Waals surface area contributed by atoms with Gasteiger partial charge in [0.05, 0.1) is 11.5 Å². The molecule has 3 N–H and O–H groups in total. The quantitative estimate of drug-likeness (QED) is 0.143. The van der Waals surface area contributed by atoms with E-state index in [1.165, 1.54) is 41.9 Å². The molecule has 0 saturated carbocycles. The van der Waals surface area contributed by atoms with Gasteiger partial charge in [0.2, 0.25) is 5.91 Å². The molecule has 10 nitrogen and oxygen atoms in total. The van der Waals surface area contributed by atoms with Gasteiger partial charge in [-0.2, -0.15) is 0 Å². The van der Waals surface area contributed by atoms with Crippen molar-refractivity contribution in [2.45, 2.75) is 67.9 Å². The molecule has 1 fully saturated rings. The number of hydrogen-bond donors (Lipinski definition) is 3. The molecule has 1 aliphatic rings. The number of likely N-dealkylation sites (tertiary alicyclic amines) is 1. The number of amides is 2. The molecule has 3 rings (SSSR count). The highest BCUT2D eigenvalue weighted by Gasteiger charge is 2.50. The van der Waals surface area contributed by atoms with Crippen LogP contribution in [0.15, 0.2) is 53.4 Å². The molecule has 0 spiro atoms. The van der Waals surface area contributed by atoms with E-state index >= 15 is 0 Å². The highest BCUT2D eigenvalue weighted by atomic mass is 32.2. The lowest BCUT2D eigenvalue weighted by Crippen LogP contribution is -2.52. The number of halogens is 3. The zero-order chi connectivity index (χ0) is 31.7. The average molecular weight is 631 g/mol. The minimum Gasteiger partial charge on any atom is -0.494 e. The third-order valence-electron chi connectivity index (χ3n) is 7.52. The molecule has 1 saturated heterocycles. The maximum Gasteiger partial charge on any atom is 0.573 e. The summed E-state index contributed by atoms with van der Waals surface area (Å²) >= 11 is 0. The first-order valence-corrected chi connectivity index (χ1v) is 15.5. The number of aliphatic hydroxyl groups is 1. The van der Waals surface area contributed by atoms with Crippen LogP contribution in [0.5, 0.6) is 11.5 Å². The van der Waals surface area contributed by atoms with Gasteiger partial charge < -0.3 is 19.5 Å². The van der Waals surface area contributed by atoms with Crippen LogP contribution in [0.4, 0.5) is 13.2 Å². The maximum atomic E-state index is 13.4. The Balaban J connectivity index is 1.47. The Bertz CT molecular complexity index is 1310. The Hall–Kier alpha value is -3.36. The van der Waals surface area contributed by atoms with Crippen LogP contribution in [0.2, 0.25) is 0 Å². The van der Waals surface area contributed by atoms with Gasteiger partial charge in [-0.3, -0.25) is 14.8 Å². The van der Waals surface area contributed by atoms with Crippen molar-refractivity contribution in [2.24, 2.45) is 5.92 Å². The van der Waals surface area contributed by atoms with E-state index in [2.05, 4.69) is 4.74 Å². The predicted molar refractivity (Wildman–Crippen MR) is 149 cm³/mol. The van der Waals surface area contributed by atoms with Crippen molar-refractivity contribution in [2.75, 3.05) is 26.3 Å². The topological polar surface area (TPSA) is 142 Å². The van der Waals surface area contributed by atoms with Gasteiger partial charge in [0.15, 0.2) is 14.6 Å². The van der Waals surface area contributed by atoms with E-state index in [4.69, 9.17) is 4.74 Å². The van der Waals surface area contributed by atoms with Crippen LogP contribution < -0.4 is 15.0 Å². The second-order valence-electron chi connectivity index (χ2n) is 10.4. The molecule has 0 radical (unpaired) electrons. The number of rotatable bonds is 16. The SMILES string of the molecule is CCCC(CCO)(C(=O)NO)S(=O)(=O)c1ccc(OCCCN2CCC(CCc3ccc(OC(F)(F)F)cc3)C2=O)cc1. The van der Waals surface area contributed by atoms with E-state index < -0.39 is 33.5 Å². The maximum absolute atomic E-state index is 13.4. The number of nitrogens with one attached hydrogen (secondary N) is 1. The van der Waals surface area contributed by atoms with E-state index in [0.717, 1.165) is 5.56 Å². The van der Waals surface area contributed by atoms with Crippen molar-refractivity contribution >= 4 is 21.7 Å². The number of carbonyl (C=O) groups excluding carboxylic acids is 2. The van der Waals surface area contributed by atoms with Gasteiger partial charge in [-0.05, 0) is 80.5 Å². The average Bonchev–Trinajstić information content (AvgIpc) is 3.32. The van der Waals surface area contributed by atoms with Crippen molar-refractivity contribution in [1.29, 1.82) is 0 Å². The lowest BCUT2D eigenvalue weighted by Gasteiger charge is -2.30. The van der Waals surface area contributed by atoms with Crippen molar-refractivity contribution < 1.29 is 51.0 Å². The molecule has 1 aliphatic heterocycles. The normalized spacial score (nSPS) is 17.0. The monoisotopic (exact) mass is 630 g/mol. The number of sulfone groups is 1. The van der Waals surface area contributed by atoms with E-state index in [-0.39, 0.29) is 41.9 Å². The van der Waals surface area contributed by atoms with Gasteiger partial charge in [-0.15, -0.1) is 13.2 Å². The summed E-state index contributed by atoms with van der Waals surface area (Å²) in [4.78, 5) is 26.8. The van der Waals surface area contributed by atoms with Gasteiger partial charge in [0.25, 0.3) is 5.91 Å². The molecular weight excluding hydrogens is 593 g/mol. The van der Waals surface area contributed by atoms with Gasteiger partial charge in [0.1, 0.15) is 11.5 Å². The Morgan fingerprint density at radius 3 is 2.30 bits per heavy atom. The number of ether oxygens (including phenoxy) is 2. The third kappa shape index (κ3) is 8.61. The smallest absolute Gasteiger partial charge is 0.494 e. The van der Waals surface area contributed by atoms with Crippen LogP contribution >= 0.6 is 0 Å². The number of aliphatic hydroxyl groups excluding tert-OH is 1. The summed E-state index contributed by atoms with van der Waals surface area (Å²) in [7, 11) is -4.27. The Morgan fingerprint density at radius 1 is 1.07 bits per heavy atom. The van der Waals surface area contributed by atoms with Gasteiger partial charge in [0, 0.05) is 25.6 Å². The van der Waals surface area contributed by atoms with Crippen molar-refractivity contribution in [1.82, 2.24) is 10.4 Å². The molecule has 238 valence electrons. The zero-order valence-electron chi connectivity index (χ0n) is 23.8. The van der Waals surface area contributed by atoms with Crippen molar-refractivity contribution in [3.8, 4) is 11.5 Å². The second kappa shape index (κ2) is 14.9. The fraction of sp³-hybridized carbons (Fsp3) is 0.517.